The molecule has 10 heteroatoms. The molecule has 0 aliphatic rings. The fourth-order valence-corrected chi connectivity index (χ4v) is 5.52. The molecule has 5 aromatic rings. The largest absolute Gasteiger partial charge is 0.493 e. The molecular weight excluding hydrogens is 582 g/mol. The Morgan fingerprint density at radius 2 is 1.60 bits per heavy atom. The summed E-state index contributed by atoms with van der Waals surface area (Å²) < 4.78 is 29.7. The molecule has 5 rings (SSSR count). The van der Waals surface area contributed by atoms with E-state index in [9.17, 15) is 14.7 Å². The molecule has 0 fully saturated rings. The molecule has 9 nitrogen and oxygen atoms in total. The van der Waals surface area contributed by atoms with Gasteiger partial charge in [0.05, 0.1) is 25.8 Å². The van der Waals surface area contributed by atoms with Crippen LogP contribution in [0.4, 0.5) is 0 Å². The Hall–Kier alpha value is -4.44. The third-order valence-corrected chi connectivity index (χ3v) is 7.42. The third kappa shape index (κ3) is 4.98. The summed E-state index contributed by atoms with van der Waals surface area (Å²) in [4.78, 5) is 25.7. The molecule has 40 heavy (non-hydrogen) atoms. The molecule has 0 saturated heterocycles. The zero-order valence-electron chi connectivity index (χ0n) is 22.0. The van der Waals surface area contributed by atoms with Crippen molar-refractivity contribution in [2.75, 3.05) is 21.3 Å². The number of benzene rings is 3. The molecular formula is C30H26BrNO8. The molecule has 2 aromatic heterocycles. The topological polar surface area (TPSA) is 109 Å². The Balaban J connectivity index is 1.60. The normalized spacial score (nSPS) is 11.1. The lowest BCUT2D eigenvalue weighted by molar-refractivity contribution is 0.0684. The van der Waals surface area contributed by atoms with Gasteiger partial charge in [0.1, 0.15) is 23.4 Å². The van der Waals surface area contributed by atoms with Crippen LogP contribution in [0.15, 0.2) is 74.3 Å². The minimum absolute atomic E-state index is 0.0568. The summed E-state index contributed by atoms with van der Waals surface area (Å²) in [5, 5.41) is 11.0. The number of hydrogen-bond donors (Lipinski definition) is 1. The van der Waals surface area contributed by atoms with E-state index in [0.717, 1.165) is 11.1 Å². The average molecular weight is 608 g/mol. The number of carboxylic acid groups (broad SMARTS) is 1. The zero-order chi connectivity index (χ0) is 28.4. The van der Waals surface area contributed by atoms with E-state index >= 15 is 0 Å². The van der Waals surface area contributed by atoms with Crippen LogP contribution in [0.5, 0.6) is 23.0 Å². The van der Waals surface area contributed by atoms with Crippen LogP contribution in [-0.4, -0.2) is 37.0 Å². The van der Waals surface area contributed by atoms with Gasteiger partial charge in [0.15, 0.2) is 23.0 Å². The highest BCUT2D eigenvalue weighted by Crippen LogP contribution is 2.40. The maximum Gasteiger partial charge on any atom is 0.361 e. The number of carboxylic acids is 1. The van der Waals surface area contributed by atoms with Gasteiger partial charge in [0, 0.05) is 23.4 Å². The first-order valence-corrected chi connectivity index (χ1v) is 13.1. The number of carbonyl (C=O) groups is 1. The second-order valence-electron chi connectivity index (χ2n) is 8.95. The first-order chi connectivity index (χ1) is 19.4. The van der Waals surface area contributed by atoms with Gasteiger partial charge in [-0.05, 0) is 51.7 Å². The van der Waals surface area contributed by atoms with Gasteiger partial charge in [0.2, 0.25) is 0 Å². The van der Waals surface area contributed by atoms with E-state index in [1.165, 1.54) is 11.7 Å². The number of methoxy groups -OCH3 is 3. The van der Waals surface area contributed by atoms with Crippen molar-refractivity contribution >= 4 is 43.8 Å². The molecule has 206 valence electrons. The Morgan fingerprint density at radius 3 is 2.27 bits per heavy atom. The molecule has 0 atom stereocenters. The minimum Gasteiger partial charge on any atom is -0.493 e. The Kier molecular flexibility index (Phi) is 7.70. The number of rotatable bonds is 10. The van der Waals surface area contributed by atoms with E-state index in [4.69, 9.17) is 23.4 Å². The number of aromatic carboxylic acids is 1. The number of halogens is 1. The third-order valence-electron chi connectivity index (χ3n) is 6.65. The molecule has 2 heterocycles. The lowest BCUT2D eigenvalue weighted by Gasteiger charge is -2.13. The summed E-state index contributed by atoms with van der Waals surface area (Å²) in [6.45, 7) is 0.486. The number of fused-ring (bicyclic) bond motifs is 3. The monoisotopic (exact) mass is 607 g/mol. The number of ether oxygens (including phenoxy) is 4. The van der Waals surface area contributed by atoms with Gasteiger partial charge in [-0.1, -0.05) is 36.4 Å². The van der Waals surface area contributed by atoms with E-state index in [1.54, 1.807) is 32.4 Å². The predicted octanol–water partition coefficient (Wildman–Crippen LogP) is 6.06. The lowest BCUT2D eigenvalue weighted by Crippen LogP contribution is -2.14. The van der Waals surface area contributed by atoms with Crippen LogP contribution in [0.25, 0.3) is 21.9 Å². The standard InChI is InChI=1S/C30H26BrNO8/c1-36-20-10-9-17(13-22(20)37-2)11-12-32-27-25(26(31)28(32)29(33)34)19-14-23(38-3)24(15-21(19)40-30(27)35)39-16-18-7-5-4-6-8-18/h4-10,13-15H,11-12,16H2,1-3H3,(H,33,34). The highest BCUT2D eigenvalue weighted by atomic mass is 79.9. The molecule has 0 aliphatic carbocycles. The van der Waals surface area contributed by atoms with E-state index in [1.807, 2.05) is 42.5 Å². The van der Waals surface area contributed by atoms with Crippen molar-refractivity contribution in [3.05, 3.63) is 92.4 Å². The van der Waals surface area contributed by atoms with Gasteiger partial charge in [0.25, 0.3) is 0 Å². The van der Waals surface area contributed by atoms with E-state index in [2.05, 4.69) is 15.9 Å². The fraction of sp³-hybridized carbons (Fsp3) is 0.200. The summed E-state index contributed by atoms with van der Waals surface area (Å²) in [5.41, 5.74) is 1.50. The van der Waals surface area contributed by atoms with Gasteiger partial charge in [-0.3, -0.25) is 0 Å². The van der Waals surface area contributed by atoms with Gasteiger partial charge in [-0.15, -0.1) is 0 Å². The van der Waals surface area contributed by atoms with Gasteiger partial charge in [-0.25, -0.2) is 9.59 Å². The lowest BCUT2D eigenvalue weighted by atomic mass is 10.1. The molecule has 0 aliphatic heterocycles. The first kappa shape index (κ1) is 27.1. The quantitative estimate of drug-likeness (QED) is 0.191. The summed E-state index contributed by atoms with van der Waals surface area (Å²) in [5.74, 6) is 0.765. The van der Waals surface area contributed by atoms with E-state index < -0.39 is 11.6 Å². The number of nitrogens with zero attached hydrogens (tertiary/aromatic N) is 1. The first-order valence-electron chi connectivity index (χ1n) is 12.3. The van der Waals surface area contributed by atoms with Crippen LogP contribution >= 0.6 is 15.9 Å². The molecule has 0 unspecified atom stereocenters. The maximum atomic E-state index is 13.3. The molecule has 0 saturated carbocycles. The van der Waals surface area contributed by atoms with Crippen molar-refractivity contribution in [3.63, 3.8) is 0 Å². The van der Waals surface area contributed by atoms with Crippen molar-refractivity contribution < 1.29 is 33.3 Å². The predicted molar refractivity (Wildman–Crippen MR) is 153 cm³/mol. The van der Waals surface area contributed by atoms with Crippen LogP contribution in [-0.2, 0) is 19.6 Å². The van der Waals surface area contributed by atoms with Gasteiger partial charge < -0.3 is 33.0 Å². The van der Waals surface area contributed by atoms with Crippen molar-refractivity contribution in [2.45, 2.75) is 19.6 Å². The fourth-order valence-electron chi connectivity index (χ4n) is 4.73. The van der Waals surface area contributed by atoms with Crippen LogP contribution in [0.2, 0.25) is 0 Å². The number of aryl methyl sites for hydroxylation is 2. The van der Waals surface area contributed by atoms with Crippen molar-refractivity contribution in [2.24, 2.45) is 0 Å². The van der Waals surface area contributed by atoms with E-state index in [0.29, 0.717) is 40.2 Å². The Morgan fingerprint density at radius 1 is 0.900 bits per heavy atom. The van der Waals surface area contributed by atoms with Crippen molar-refractivity contribution in [1.82, 2.24) is 4.57 Å². The molecule has 0 amide bonds. The molecule has 0 bridgehead atoms. The summed E-state index contributed by atoms with van der Waals surface area (Å²) in [6, 6.07) is 18.4. The molecule has 3 aromatic carbocycles. The van der Waals surface area contributed by atoms with Gasteiger partial charge in [-0.2, -0.15) is 0 Å². The smallest absolute Gasteiger partial charge is 0.361 e. The average Bonchev–Trinajstić information content (AvgIpc) is 3.27. The highest BCUT2D eigenvalue weighted by molar-refractivity contribution is 9.10. The maximum absolute atomic E-state index is 13.3. The van der Waals surface area contributed by atoms with Gasteiger partial charge >= 0.3 is 11.6 Å². The number of aromatic nitrogens is 1. The van der Waals surface area contributed by atoms with Crippen LogP contribution in [0.3, 0.4) is 0 Å². The molecule has 0 radical (unpaired) electrons. The number of hydrogen-bond acceptors (Lipinski definition) is 7. The summed E-state index contributed by atoms with van der Waals surface area (Å²) >= 11 is 3.46. The Bertz CT molecular complexity index is 1770. The van der Waals surface area contributed by atoms with Crippen LogP contribution in [0, 0.1) is 0 Å². The Labute approximate surface area is 237 Å². The minimum atomic E-state index is -1.18. The van der Waals surface area contributed by atoms with Crippen LogP contribution in [0.1, 0.15) is 21.6 Å². The van der Waals surface area contributed by atoms with Crippen LogP contribution < -0.4 is 24.6 Å². The summed E-state index contributed by atoms with van der Waals surface area (Å²) in [7, 11) is 4.61. The SMILES string of the molecule is COc1ccc(CCn2c(C(=O)O)c(Br)c3c4cc(OC)c(OCc5ccccc5)cc4oc(=O)c32)cc1OC. The summed E-state index contributed by atoms with van der Waals surface area (Å²) in [6.07, 6.45) is 0.421. The van der Waals surface area contributed by atoms with E-state index in [-0.39, 0.29) is 34.4 Å². The van der Waals surface area contributed by atoms with Crippen molar-refractivity contribution in [3.8, 4) is 23.0 Å². The zero-order valence-corrected chi connectivity index (χ0v) is 23.6. The van der Waals surface area contributed by atoms with Crippen molar-refractivity contribution in [1.29, 1.82) is 0 Å². The molecule has 1 N–H and O–H groups in total. The second-order valence-corrected chi connectivity index (χ2v) is 9.74. The second kappa shape index (κ2) is 11.4. The highest BCUT2D eigenvalue weighted by Gasteiger charge is 2.26. The molecule has 0 spiro atoms.